The third kappa shape index (κ3) is 6.11. The number of unbranched alkanes of at least 4 members (excludes halogenated alkanes) is 3. The van der Waals surface area contributed by atoms with Crippen molar-refractivity contribution in [1.82, 2.24) is 4.98 Å². The first-order valence-electron chi connectivity index (χ1n) is 10.8. The van der Waals surface area contributed by atoms with Gasteiger partial charge in [-0.3, -0.25) is 9.51 Å². The molecule has 2 aliphatic carbocycles. The molecular weight excluding hydrogens is 375 g/mol. The lowest BCUT2D eigenvalue weighted by Crippen LogP contribution is -2.41. The highest BCUT2D eigenvalue weighted by molar-refractivity contribution is 7.46. The van der Waals surface area contributed by atoms with Gasteiger partial charge in [0.1, 0.15) is 0 Å². The molecule has 7 heteroatoms. The molecule has 1 unspecified atom stereocenters. The van der Waals surface area contributed by atoms with Crippen LogP contribution < -0.4 is 5.73 Å². The average Bonchev–Trinajstić information content (AvgIpc) is 3.05. The molecule has 1 aromatic rings. The molecule has 1 fully saturated rings. The number of rotatable bonds is 9. The third-order valence-electron chi connectivity index (χ3n) is 6.44. The number of fused-ring (bicyclic) bond motifs is 1. The first-order chi connectivity index (χ1) is 13.3. The molecule has 3 atom stereocenters. The molecule has 4 N–H and O–H groups in total. The third-order valence-corrected chi connectivity index (χ3v) is 6.90. The van der Waals surface area contributed by atoms with E-state index in [1.807, 2.05) is 0 Å². The van der Waals surface area contributed by atoms with E-state index in [1.54, 1.807) is 0 Å². The molecule has 1 aromatic heterocycles. The summed E-state index contributed by atoms with van der Waals surface area (Å²) in [7, 11) is -4.48. The Hall–Kier alpha value is -0.780. The first kappa shape index (κ1) is 21.9. The van der Waals surface area contributed by atoms with Gasteiger partial charge in [-0.15, -0.1) is 0 Å². The summed E-state index contributed by atoms with van der Waals surface area (Å²) in [5.41, 5.74) is 9.35. The number of nitrogens with two attached hydrogens (primary N) is 1. The van der Waals surface area contributed by atoms with Crippen molar-refractivity contribution in [3.63, 3.8) is 0 Å². The van der Waals surface area contributed by atoms with E-state index in [-0.39, 0.29) is 12.5 Å². The van der Waals surface area contributed by atoms with Crippen molar-refractivity contribution in [2.75, 3.05) is 6.61 Å². The molecule has 0 bridgehead atoms. The summed E-state index contributed by atoms with van der Waals surface area (Å²) in [4.78, 5) is 22.8. The molecule has 6 nitrogen and oxygen atoms in total. The Morgan fingerprint density at radius 3 is 2.86 bits per heavy atom. The number of nitrogens with zero attached hydrogens (tertiary/aromatic N) is 1. The zero-order valence-electron chi connectivity index (χ0n) is 17.0. The van der Waals surface area contributed by atoms with E-state index >= 15 is 0 Å². The fourth-order valence-electron chi connectivity index (χ4n) is 4.79. The van der Waals surface area contributed by atoms with Gasteiger partial charge in [-0.2, -0.15) is 0 Å². The Morgan fingerprint density at radius 1 is 1.29 bits per heavy atom. The predicted molar refractivity (Wildman–Crippen MR) is 110 cm³/mol. The normalized spacial score (nSPS) is 27.7. The quantitative estimate of drug-likeness (QED) is 0.416. The van der Waals surface area contributed by atoms with Crippen LogP contribution in [0.1, 0.15) is 87.6 Å². The Labute approximate surface area is 168 Å². The van der Waals surface area contributed by atoms with Gasteiger partial charge >= 0.3 is 7.82 Å². The second kappa shape index (κ2) is 9.36. The highest BCUT2D eigenvalue weighted by Crippen LogP contribution is 2.43. The van der Waals surface area contributed by atoms with E-state index in [0.29, 0.717) is 12.8 Å². The van der Waals surface area contributed by atoms with Gasteiger partial charge in [-0.25, -0.2) is 4.57 Å². The molecule has 0 radical (unpaired) electrons. The summed E-state index contributed by atoms with van der Waals surface area (Å²) in [5, 5.41) is 0. The standard InChI is InChI=1S/C21H35N2O4P/c1-2-3-4-5-6-16-7-9-19-17(13-16)8-10-20(23-19)18-11-12-21(22,14-18)15-27-28(24,25)26/h8,10,16,18H,2-7,9,11-15,22H2,1H3,(H2,24,25,26)/t16?,18-,21+/m1/s1. The minimum Gasteiger partial charge on any atom is -0.323 e. The van der Waals surface area contributed by atoms with E-state index in [0.717, 1.165) is 30.9 Å². The molecule has 1 heterocycles. The van der Waals surface area contributed by atoms with E-state index < -0.39 is 13.4 Å². The largest absolute Gasteiger partial charge is 0.469 e. The summed E-state index contributed by atoms with van der Waals surface area (Å²) < 4.78 is 15.6. The van der Waals surface area contributed by atoms with Crippen molar-refractivity contribution in [2.24, 2.45) is 11.7 Å². The molecule has 158 valence electrons. The molecular formula is C21H35N2O4P. The number of hydrogen-bond donors (Lipinski definition) is 3. The summed E-state index contributed by atoms with van der Waals surface area (Å²) in [5.74, 6) is 1.03. The summed E-state index contributed by atoms with van der Waals surface area (Å²) in [6, 6.07) is 4.39. The van der Waals surface area contributed by atoms with Crippen molar-refractivity contribution >= 4 is 7.82 Å². The van der Waals surface area contributed by atoms with Gasteiger partial charge in [0, 0.05) is 22.8 Å². The topological polar surface area (TPSA) is 106 Å². The zero-order valence-corrected chi connectivity index (χ0v) is 17.9. The van der Waals surface area contributed by atoms with Crippen LogP contribution in [0, 0.1) is 5.92 Å². The fraction of sp³-hybridized carbons (Fsp3) is 0.762. The maximum atomic E-state index is 11.0. The van der Waals surface area contributed by atoms with Gasteiger partial charge in [-0.05, 0) is 56.1 Å². The number of hydrogen-bond acceptors (Lipinski definition) is 4. The Balaban J connectivity index is 1.56. The lowest BCUT2D eigenvalue weighted by Gasteiger charge is -2.26. The van der Waals surface area contributed by atoms with Crippen LogP contribution in [0.2, 0.25) is 0 Å². The van der Waals surface area contributed by atoms with Crippen LogP contribution in [0.25, 0.3) is 0 Å². The van der Waals surface area contributed by atoms with Gasteiger partial charge in [-0.1, -0.05) is 45.1 Å². The lowest BCUT2D eigenvalue weighted by atomic mass is 9.83. The van der Waals surface area contributed by atoms with E-state index in [2.05, 4.69) is 23.6 Å². The molecule has 0 saturated heterocycles. The highest BCUT2D eigenvalue weighted by Gasteiger charge is 2.39. The van der Waals surface area contributed by atoms with Crippen molar-refractivity contribution < 1.29 is 18.9 Å². The molecule has 3 rings (SSSR count). The van der Waals surface area contributed by atoms with Crippen LogP contribution in [0.15, 0.2) is 12.1 Å². The minimum atomic E-state index is -4.48. The van der Waals surface area contributed by atoms with Gasteiger partial charge in [0.2, 0.25) is 0 Å². The van der Waals surface area contributed by atoms with Crippen LogP contribution in [0.3, 0.4) is 0 Å². The van der Waals surface area contributed by atoms with Gasteiger partial charge in [0.25, 0.3) is 0 Å². The minimum absolute atomic E-state index is 0.113. The summed E-state index contributed by atoms with van der Waals surface area (Å²) in [6.45, 7) is 2.14. The van der Waals surface area contributed by atoms with Crippen molar-refractivity contribution in [3.8, 4) is 0 Å². The average molecular weight is 410 g/mol. The predicted octanol–water partition coefficient (Wildman–Crippen LogP) is 4.23. The van der Waals surface area contributed by atoms with Crippen molar-refractivity contribution in [1.29, 1.82) is 0 Å². The van der Waals surface area contributed by atoms with Crippen LogP contribution in [0.4, 0.5) is 0 Å². The van der Waals surface area contributed by atoms with E-state index in [9.17, 15) is 4.57 Å². The maximum Gasteiger partial charge on any atom is 0.469 e. The van der Waals surface area contributed by atoms with Crippen LogP contribution in [0.5, 0.6) is 0 Å². The Morgan fingerprint density at radius 2 is 2.11 bits per heavy atom. The van der Waals surface area contributed by atoms with E-state index in [1.165, 1.54) is 49.8 Å². The highest BCUT2D eigenvalue weighted by atomic mass is 31.2. The molecule has 0 aromatic carbocycles. The zero-order chi connectivity index (χ0) is 20.2. The number of pyridine rings is 1. The molecule has 2 aliphatic rings. The van der Waals surface area contributed by atoms with Gasteiger partial charge in [0.15, 0.2) is 0 Å². The Bertz CT molecular complexity index is 708. The maximum absolute atomic E-state index is 11.0. The van der Waals surface area contributed by atoms with Crippen molar-refractivity contribution in [3.05, 3.63) is 29.1 Å². The van der Waals surface area contributed by atoms with Gasteiger partial charge in [0.05, 0.1) is 6.61 Å². The van der Waals surface area contributed by atoms with Crippen LogP contribution in [-0.2, 0) is 21.9 Å². The number of phosphoric acid groups is 1. The molecule has 28 heavy (non-hydrogen) atoms. The van der Waals surface area contributed by atoms with Crippen LogP contribution >= 0.6 is 7.82 Å². The number of aryl methyl sites for hydroxylation is 1. The smallest absolute Gasteiger partial charge is 0.323 e. The first-order valence-corrected chi connectivity index (χ1v) is 12.3. The Kier molecular flexibility index (Phi) is 7.32. The second-order valence-electron chi connectivity index (χ2n) is 8.87. The van der Waals surface area contributed by atoms with Crippen LogP contribution in [-0.4, -0.2) is 26.9 Å². The second-order valence-corrected chi connectivity index (χ2v) is 10.1. The lowest BCUT2D eigenvalue weighted by molar-refractivity contribution is 0.153. The van der Waals surface area contributed by atoms with E-state index in [4.69, 9.17) is 20.5 Å². The van der Waals surface area contributed by atoms with Gasteiger partial charge < -0.3 is 15.5 Å². The molecule has 0 aliphatic heterocycles. The molecule has 0 amide bonds. The summed E-state index contributed by atoms with van der Waals surface area (Å²) >= 11 is 0. The fourth-order valence-corrected chi connectivity index (χ4v) is 5.21. The molecule has 0 spiro atoms. The van der Waals surface area contributed by atoms with Crippen molar-refractivity contribution in [2.45, 2.75) is 89.0 Å². The monoisotopic (exact) mass is 410 g/mol. The number of phosphoric ester groups is 1. The number of aromatic nitrogens is 1. The SMILES string of the molecule is CCCCCCC1CCc2nc([C@@H]3CC[C@@](N)(COP(=O)(O)O)C3)ccc2C1. The summed E-state index contributed by atoms with van der Waals surface area (Å²) in [6.07, 6.45) is 12.3. The molecule has 1 saturated carbocycles.